The highest BCUT2D eigenvalue weighted by Gasteiger charge is 2.31. The van der Waals surface area contributed by atoms with Crippen molar-refractivity contribution in [2.24, 2.45) is 0 Å². The molecule has 0 aliphatic carbocycles. The average molecular weight is 431 g/mol. The second kappa shape index (κ2) is 9.25. The van der Waals surface area contributed by atoms with E-state index in [1.54, 1.807) is 24.3 Å². The van der Waals surface area contributed by atoms with E-state index in [0.717, 1.165) is 24.6 Å². The summed E-state index contributed by atoms with van der Waals surface area (Å²) in [5, 5.41) is 4.78. The van der Waals surface area contributed by atoms with Crippen LogP contribution in [0.4, 0.5) is 18.9 Å². The van der Waals surface area contributed by atoms with E-state index in [2.05, 4.69) is 10.6 Å². The first-order chi connectivity index (χ1) is 13.1. The van der Waals surface area contributed by atoms with Crippen LogP contribution in [0.1, 0.15) is 36.2 Å². The molecule has 0 saturated heterocycles. The van der Waals surface area contributed by atoms with E-state index in [-0.39, 0.29) is 21.9 Å². The zero-order chi connectivity index (χ0) is 20.9. The van der Waals surface area contributed by atoms with Crippen molar-refractivity contribution in [1.29, 1.82) is 0 Å². The van der Waals surface area contributed by atoms with Crippen LogP contribution in [0.15, 0.2) is 42.5 Å². The SMILES string of the molecule is CCC(C)Oc1cccc(C(=O)NC(=S)Nc2cc(C(F)(F)F)ccc2Cl)c1. The number of thiocarbonyl (C=S) groups is 1. The Morgan fingerprint density at radius 2 is 1.96 bits per heavy atom. The number of rotatable bonds is 5. The zero-order valence-electron chi connectivity index (χ0n) is 15.1. The molecule has 2 N–H and O–H groups in total. The first kappa shape index (κ1) is 22.0. The molecular formula is C19H18ClF3N2O2S. The lowest BCUT2D eigenvalue weighted by atomic mass is 10.2. The second-order valence-electron chi connectivity index (χ2n) is 5.97. The number of hydrogen-bond acceptors (Lipinski definition) is 3. The molecular weight excluding hydrogens is 413 g/mol. The Bertz CT molecular complexity index is 874. The Kier molecular flexibility index (Phi) is 7.26. The van der Waals surface area contributed by atoms with Gasteiger partial charge in [0.15, 0.2) is 5.11 Å². The molecule has 1 unspecified atom stereocenters. The van der Waals surface area contributed by atoms with Gasteiger partial charge in [-0.05, 0) is 62.0 Å². The maximum atomic E-state index is 12.8. The quantitative estimate of drug-likeness (QED) is 0.601. The fourth-order valence-corrected chi connectivity index (χ4v) is 2.52. The summed E-state index contributed by atoms with van der Waals surface area (Å²) >= 11 is 10.9. The maximum absolute atomic E-state index is 12.8. The lowest BCUT2D eigenvalue weighted by Gasteiger charge is -2.15. The summed E-state index contributed by atoms with van der Waals surface area (Å²) in [5.74, 6) is -0.00278. The topological polar surface area (TPSA) is 50.4 Å². The number of benzene rings is 2. The first-order valence-corrected chi connectivity index (χ1v) is 9.14. The van der Waals surface area contributed by atoms with Gasteiger partial charge in [-0.2, -0.15) is 13.2 Å². The fourth-order valence-electron chi connectivity index (χ4n) is 2.15. The highest BCUT2D eigenvalue weighted by molar-refractivity contribution is 7.80. The largest absolute Gasteiger partial charge is 0.491 e. The summed E-state index contributed by atoms with van der Waals surface area (Å²) in [6.07, 6.45) is -3.73. The van der Waals surface area contributed by atoms with E-state index in [4.69, 9.17) is 28.6 Å². The van der Waals surface area contributed by atoms with Crippen LogP contribution in [-0.4, -0.2) is 17.1 Å². The van der Waals surface area contributed by atoms with Gasteiger partial charge in [-0.1, -0.05) is 24.6 Å². The van der Waals surface area contributed by atoms with E-state index in [9.17, 15) is 18.0 Å². The maximum Gasteiger partial charge on any atom is 0.416 e. The number of ether oxygens (including phenoxy) is 1. The number of alkyl halides is 3. The summed E-state index contributed by atoms with van der Waals surface area (Å²) < 4.78 is 44.2. The summed E-state index contributed by atoms with van der Waals surface area (Å²) in [6.45, 7) is 3.88. The molecule has 0 saturated carbocycles. The number of anilines is 1. The van der Waals surface area contributed by atoms with Crippen molar-refractivity contribution in [3.8, 4) is 5.75 Å². The molecule has 0 aliphatic heterocycles. The normalized spacial score (nSPS) is 12.2. The third-order valence-corrected chi connectivity index (χ3v) is 4.31. The van der Waals surface area contributed by atoms with Crippen LogP contribution < -0.4 is 15.4 Å². The highest BCUT2D eigenvalue weighted by Crippen LogP contribution is 2.33. The Balaban J connectivity index is 2.07. The van der Waals surface area contributed by atoms with Gasteiger partial charge in [0, 0.05) is 5.56 Å². The Morgan fingerprint density at radius 1 is 1.25 bits per heavy atom. The van der Waals surface area contributed by atoms with E-state index in [1.807, 2.05) is 13.8 Å². The monoisotopic (exact) mass is 430 g/mol. The van der Waals surface area contributed by atoms with Gasteiger partial charge >= 0.3 is 6.18 Å². The minimum Gasteiger partial charge on any atom is -0.491 e. The number of carbonyl (C=O) groups is 1. The van der Waals surface area contributed by atoms with Crippen molar-refractivity contribution in [2.75, 3.05) is 5.32 Å². The Morgan fingerprint density at radius 3 is 2.61 bits per heavy atom. The average Bonchev–Trinajstić information content (AvgIpc) is 2.62. The molecule has 2 aromatic rings. The molecule has 0 spiro atoms. The van der Waals surface area contributed by atoms with Crippen LogP contribution in [0, 0.1) is 0 Å². The highest BCUT2D eigenvalue weighted by atomic mass is 35.5. The van der Waals surface area contributed by atoms with Crippen LogP contribution in [0.2, 0.25) is 5.02 Å². The molecule has 0 heterocycles. The Labute approximate surface area is 171 Å². The first-order valence-electron chi connectivity index (χ1n) is 8.36. The van der Waals surface area contributed by atoms with Gasteiger partial charge in [-0.25, -0.2) is 0 Å². The third kappa shape index (κ3) is 6.10. The van der Waals surface area contributed by atoms with Gasteiger partial charge in [0.25, 0.3) is 5.91 Å². The van der Waals surface area contributed by atoms with Gasteiger partial charge in [0.05, 0.1) is 22.4 Å². The van der Waals surface area contributed by atoms with Gasteiger partial charge in [-0.3, -0.25) is 10.1 Å². The van der Waals surface area contributed by atoms with Gasteiger partial charge in [0.2, 0.25) is 0 Å². The molecule has 0 aromatic heterocycles. The molecule has 150 valence electrons. The van der Waals surface area contributed by atoms with E-state index in [1.165, 1.54) is 0 Å². The van der Waals surface area contributed by atoms with Crippen molar-refractivity contribution in [2.45, 2.75) is 32.5 Å². The van der Waals surface area contributed by atoms with Crippen LogP contribution in [0.3, 0.4) is 0 Å². The number of carbonyl (C=O) groups excluding carboxylic acids is 1. The van der Waals surface area contributed by atoms with Crippen LogP contribution in [0.5, 0.6) is 5.75 Å². The van der Waals surface area contributed by atoms with E-state index in [0.29, 0.717) is 11.3 Å². The fraction of sp³-hybridized carbons (Fsp3) is 0.263. The number of hydrogen-bond donors (Lipinski definition) is 2. The van der Waals surface area contributed by atoms with Crippen LogP contribution >= 0.6 is 23.8 Å². The third-order valence-electron chi connectivity index (χ3n) is 3.78. The molecule has 9 heteroatoms. The van der Waals surface area contributed by atoms with Crippen molar-refractivity contribution in [3.05, 3.63) is 58.6 Å². The molecule has 0 aliphatic rings. The van der Waals surface area contributed by atoms with Gasteiger partial charge in [0.1, 0.15) is 5.75 Å². The van der Waals surface area contributed by atoms with Crippen molar-refractivity contribution >= 4 is 40.5 Å². The molecule has 0 radical (unpaired) electrons. The Hall–Kier alpha value is -2.32. The predicted octanol–water partition coefficient (Wildman–Crippen LogP) is 5.66. The molecule has 4 nitrogen and oxygen atoms in total. The lowest BCUT2D eigenvalue weighted by Crippen LogP contribution is -2.34. The number of nitrogens with one attached hydrogen (secondary N) is 2. The lowest BCUT2D eigenvalue weighted by molar-refractivity contribution is -0.137. The molecule has 28 heavy (non-hydrogen) atoms. The summed E-state index contributed by atoms with van der Waals surface area (Å²) in [4.78, 5) is 12.4. The van der Waals surface area contributed by atoms with E-state index < -0.39 is 17.6 Å². The van der Waals surface area contributed by atoms with Crippen molar-refractivity contribution in [1.82, 2.24) is 5.32 Å². The zero-order valence-corrected chi connectivity index (χ0v) is 16.6. The summed E-state index contributed by atoms with van der Waals surface area (Å²) in [7, 11) is 0. The number of amides is 1. The van der Waals surface area contributed by atoms with Crippen molar-refractivity contribution in [3.63, 3.8) is 0 Å². The van der Waals surface area contributed by atoms with Gasteiger partial charge in [-0.15, -0.1) is 0 Å². The van der Waals surface area contributed by atoms with Crippen LogP contribution in [-0.2, 0) is 6.18 Å². The summed E-state index contributed by atoms with van der Waals surface area (Å²) in [6, 6.07) is 9.29. The smallest absolute Gasteiger partial charge is 0.416 e. The van der Waals surface area contributed by atoms with Crippen molar-refractivity contribution < 1.29 is 22.7 Å². The molecule has 2 aromatic carbocycles. The standard InChI is InChI=1S/C19H18ClF3N2O2S/c1-3-11(2)27-14-6-4-5-12(9-14)17(26)25-18(28)24-16-10-13(19(21,22)23)7-8-15(16)20/h4-11H,3H2,1-2H3,(H2,24,25,26,28). The molecule has 0 bridgehead atoms. The molecule has 0 fully saturated rings. The summed E-state index contributed by atoms with van der Waals surface area (Å²) in [5.41, 5.74) is -0.654. The number of halogens is 4. The molecule has 2 rings (SSSR count). The van der Waals surface area contributed by atoms with E-state index >= 15 is 0 Å². The molecule has 1 amide bonds. The minimum absolute atomic E-state index is 0.0101. The van der Waals surface area contributed by atoms with Crippen LogP contribution in [0.25, 0.3) is 0 Å². The molecule has 1 atom stereocenters. The predicted molar refractivity (Wildman–Crippen MR) is 107 cm³/mol. The van der Waals surface area contributed by atoms with Gasteiger partial charge < -0.3 is 10.1 Å². The minimum atomic E-state index is -4.53. The second-order valence-corrected chi connectivity index (χ2v) is 6.78.